The van der Waals surface area contributed by atoms with E-state index in [-0.39, 0.29) is 22.8 Å². The number of hydrogen-bond acceptors (Lipinski definition) is 7. The Morgan fingerprint density at radius 3 is 2.67 bits per heavy atom. The van der Waals surface area contributed by atoms with Crippen LogP contribution < -0.4 is 27.3 Å². The summed E-state index contributed by atoms with van der Waals surface area (Å²) in [5.41, 5.74) is -1.34. The van der Waals surface area contributed by atoms with E-state index in [0.29, 0.717) is 6.54 Å². The number of aryl methyl sites for hydroxylation is 2. The number of aromatic hydroxyl groups is 1. The number of allylic oxidation sites excluding steroid dienone is 2. The number of rotatable bonds is 7. The first-order chi connectivity index (χ1) is 12.8. The van der Waals surface area contributed by atoms with Crippen LogP contribution in [0.25, 0.3) is 0 Å². The second-order valence-corrected chi connectivity index (χ2v) is 6.56. The van der Waals surface area contributed by atoms with Gasteiger partial charge in [0.25, 0.3) is 16.7 Å². The minimum atomic E-state index is -0.564. The number of aromatic amines is 1. The van der Waals surface area contributed by atoms with Crippen LogP contribution in [0, 0.1) is 0 Å². The molecule has 0 aromatic carbocycles. The lowest BCUT2D eigenvalue weighted by Gasteiger charge is -2.15. The zero-order valence-electron chi connectivity index (χ0n) is 15.2. The standard InChI is InChI=1S/C17H21N5O4S/c1-5-6-10(27-4)8-18-15-14(16(25)20-22(3)17(15)26)19-11-9-21(2)13(24)7-12(11)23/h5-7,9,18-19,23H,1,8H2,2-4H3,(H,20,25)/b10-6-. The summed E-state index contributed by atoms with van der Waals surface area (Å²) in [6.07, 6.45) is 6.64. The predicted molar refractivity (Wildman–Crippen MR) is 109 cm³/mol. The number of pyridine rings is 1. The van der Waals surface area contributed by atoms with Crippen molar-refractivity contribution in [3.05, 3.63) is 67.0 Å². The smallest absolute Gasteiger partial charge is 0.290 e. The van der Waals surface area contributed by atoms with Crippen molar-refractivity contribution in [2.45, 2.75) is 0 Å². The Balaban J connectivity index is 2.52. The zero-order chi connectivity index (χ0) is 20.1. The number of nitrogens with one attached hydrogen (secondary N) is 3. The second-order valence-electron chi connectivity index (χ2n) is 5.63. The number of hydrogen-bond donors (Lipinski definition) is 4. The quantitative estimate of drug-likeness (QED) is 0.521. The molecule has 2 aromatic rings. The lowest BCUT2D eigenvalue weighted by atomic mass is 10.3. The van der Waals surface area contributed by atoms with E-state index < -0.39 is 16.7 Å². The first kappa shape index (κ1) is 20.2. The topological polar surface area (TPSA) is 121 Å². The first-order valence-electron chi connectivity index (χ1n) is 7.88. The molecule has 0 atom stereocenters. The fraction of sp³-hybridized carbons (Fsp3) is 0.235. The molecule has 0 aliphatic heterocycles. The van der Waals surface area contributed by atoms with Crippen LogP contribution in [0.3, 0.4) is 0 Å². The largest absolute Gasteiger partial charge is 0.506 e. The minimum Gasteiger partial charge on any atom is -0.506 e. The Hall–Kier alpha value is -3.14. The average molecular weight is 391 g/mol. The molecule has 0 radical (unpaired) electrons. The van der Waals surface area contributed by atoms with Crippen molar-refractivity contribution in [3.8, 4) is 5.75 Å². The lowest BCUT2D eigenvalue weighted by molar-refractivity contribution is 0.474. The fourth-order valence-electron chi connectivity index (χ4n) is 2.29. The summed E-state index contributed by atoms with van der Waals surface area (Å²) in [5, 5.41) is 18.1. The molecule has 2 aromatic heterocycles. The first-order valence-corrected chi connectivity index (χ1v) is 9.10. The third-order valence-corrected chi connectivity index (χ3v) is 4.54. The van der Waals surface area contributed by atoms with Crippen molar-refractivity contribution in [2.75, 3.05) is 23.4 Å². The molecule has 0 aliphatic carbocycles. The van der Waals surface area contributed by atoms with Gasteiger partial charge in [0.1, 0.15) is 17.1 Å². The van der Waals surface area contributed by atoms with Crippen LogP contribution in [0.15, 0.2) is 50.3 Å². The molecule has 0 unspecified atom stereocenters. The summed E-state index contributed by atoms with van der Waals surface area (Å²) in [4.78, 5) is 37.4. The summed E-state index contributed by atoms with van der Waals surface area (Å²) in [6.45, 7) is 3.95. The van der Waals surface area contributed by atoms with Gasteiger partial charge < -0.3 is 20.3 Å². The van der Waals surface area contributed by atoms with Gasteiger partial charge in [-0.25, -0.2) is 0 Å². The van der Waals surface area contributed by atoms with E-state index in [4.69, 9.17) is 0 Å². The Labute approximate surface area is 159 Å². The van der Waals surface area contributed by atoms with Crippen molar-refractivity contribution in [1.82, 2.24) is 14.3 Å². The molecule has 0 aliphatic rings. The molecule has 0 spiro atoms. The fourth-order valence-corrected chi connectivity index (χ4v) is 2.74. The maximum Gasteiger partial charge on any atom is 0.290 e. The van der Waals surface area contributed by atoms with Gasteiger partial charge >= 0.3 is 0 Å². The highest BCUT2D eigenvalue weighted by Crippen LogP contribution is 2.25. The summed E-state index contributed by atoms with van der Waals surface area (Å²) in [5.74, 6) is -0.333. The van der Waals surface area contributed by atoms with Gasteiger partial charge in [-0.05, 0) is 6.26 Å². The minimum absolute atomic E-state index is 0.0403. The van der Waals surface area contributed by atoms with Gasteiger partial charge in [-0.15, -0.1) is 11.8 Å². The van der Waals surface area contributed by atoms with Gasteiger partial charge in [-0.1, -0.05) is 18.7 Å². The van der Waals surface area contributed by atoms with Crippen molar-refractivity contribution >= 4 is 28.8 Å². The second kappa shape index (κ2) is 8.49. The number of thioether (sulfide) groups is 1. The van der Waals surface area contributed by atoms with Crippen molar-refractivity contribution in [2.24, 2.45) is 14.1 Å². The number of anilines is 3. The molecular weight excluding hydrogens is 370 g/mol. The van der Waals surface area contributed by atoms with Gasteiger partial charge in [-0.3, -0.25) is 24.2 Å². The molecule has 2 rings (SSSR count). The third-order valence-electron chi connectivity index (χ3n) is 3.74. The summed E-state index contributed by atoms with van der Waals surface area (Å²) < 4.78 is 2.30. The van der Waals surface area contributed by atoms with E-state index in [0.717, 1.165) is 15.7 Å². The van der Waals surface area contributed by atoms with E-state index in [1.165, 1.54) is 36.6 Å². The maximum absolute atomic E-state index is 12.5. The van der Waals surface area contributed by atoms with E-state index in [2.05, 4.69) is 22.3 Å². The van der Waals surface area contributed by atoms with Crippen LogP contribution in [0.4, 0.5) is 17.1 Å². The van der Waals surface area contributed by atoms with Gasteiger partial charge in [0.05, 0.1) is 5.69 Å². The van der Waals surface area contributed by atoms with Gasteiger partial charge in [-0.2, -0.15) is 0 Å². The molecule has 0 bridgehead atoms. The van der Waals surface area contributed by atoms with Crippen LogP contribution in [-0.2, 0) is 14.1 Å². The van der Waals surface area contributed by atoms with E-state index in [1.54, 1.807) is 12.2 Å². The maximum atomic E-state index is 12.5. The molecule has 0 fully saturated rings. The highest BCUT2D eigenvalue weighted by atomic mass is 32.2. The van der Waals surface area contributed by atoms with Crippen LogP contribution in [0.1, 0.15) is 0 Å². The predicted octanol–water partition coefficient (Wildman–Crippen LogP) is 1.07. The van der Waals surface area contributed by atoms with Crippen LogP contribution >= 0.6 is 11.8 Å². The van der Waals surface area contributed by atoms with Crippen molar-refractivity contribution in [1.29, 1.82) is 0 Å². The summed E-state index contributed by atoms with van der Waals surface area (Å²) >= 11 is 1.48. The zero-order valence-corrected chi connectivity index (χ0v) is 16.0. The molecule has 0 saturated carbocycles. The molecule has 0 saturated heterocycles. The SMILES string of the molecule is C=C/C=C(/CNc1c(Nc2cn(C)c(=O)cc2O)c(=O)[nH]n(C)c1=O)SC. The summed E-state index contributed by atoms with van der Waals surface area (Å²) in [6, 6.07) is 1.02. The summed E-state index contributed by atoms with van der Waals surface area (Å²) in [7, 11) is 2.93. The van der Waals surface area contributed by atoms with Gasteiger partial charge in [0.15, 0.2) is 0 Å². The molecule has 27 heavy (non-hydrogen) atoms. The lowest BCUT2D eigenvalue weighted by Crippen LogP contribution is -2.32. The number of H-pyrrole nitrogens is 1. The molecule has 9 nitrogen and oxygen atoms in total. The molecule has 10 heteroatoms. The molecule has 144 valence electrons. The molecule has 2 heterocycles. The molecule has 0 amide bonds. The Bertz CT molecular complexity index is 1060. The average Bonchev–Trinajstić information content (AvgIpc) is 2.62. The number of nitrogens with zero attached hydrogens (tertiary/aromatic N) is 2. The van der Waals surface area contributed by atoms with Crippen molar-refractivity contribution < 1.29 is 5.11 Å². The highest BCUT2D eigenvalue weighted by molar-refractivity contribution is 8.02. The molecule has 4 N–H and O–H groups in total. The highest BCUT2D eigenvalue weighted by Gasteiger charge is 2.16. The van der Waals surface area contributed by atoms with Gasteiger partial charge in [0, 0.05) is 37.8 Å². The van der Waals surface area contributed by atoms with E-state index in [9.17, 15) is 19.5 Å². The van der Waals surface area contributed by atoms with Crippen LogP contribution in [0.5, 0.6) is 5.75 Å². The Kier molecular flexibility index (Phi) is 6.35. The monoisotopic (exact) mass is 391 g/mol. The van der Waals surface area contributed by atoms with Crippen LogP contribution in [-0.4, -0.2) is 32.3 Å². The normalized spacial score (nSPS) is 11.3. The Morgan fingerprint density at radius 2 is 2.04 bits per heavy atom. The number of aromatic nitrogens is 3. The Morgan fingerprint density at radius 1 is 1.33 bits per heavy atom. The van der Waals surface area contributed by atoms with E-state index >= 15 is 0 Å². The van der Waals surface area contributed by atoms with Crippen LogP contribution in [0.2, 0.25) is 0 Å². The third kappa shape index (κ3) is 4.53. The van der Waals surface area contributed by atoms with E-state index in [1.807, 2.05) is 6.26 Å². The molecular formula is C17H21N5O4S. The van der Waals surface area contributed by atoms with Crippen molar-refractivity contribution in [3.63, 3.8) is 0 Å². The van der Waals surface area contributed by atoms with Gasteiger partial charge in [0.2, 0.25) is 0 Å².